The van der Waals surface area contributed by atoms with Gasteiger partial charge in [-0.1, -0.05) is 29.3 Å². The molecular weight excluding hydrogens is 421 g/mol. The summed E-state index contributed by atoms with van der Waals surface area (Å²) in [5, 5.41) is 5.44. The Morgan fingerprint density at radius 1 is 1.29 bits per heavy atom. The summed E-state index contributed by atoms with van der Waals surface area (Å²) < 4.78 is 25.4. The summed E-state index contributed by atoms with van der Waals surface area (Å²) >= 11 is 11.9. The number of aromatic nitrogens is 2. The van der Waals surface area contributed by atoms with Crippen LogP contribution in [0.5, 0.6) is 0 Å². The molecule has 1 aliphatic heterocycles. The lowest BCUT2D eigenvalue weighted by Crippen LogP contribution is -2.28. The predicted molar refractivity (Wildman–Crippen MR) is 111 cm³/mol. The number of sulfone groups is 1. The van der Waals surface area contributed by atoms with Crippen LogP contribution in [0.25, 0.3) is 0 Å². The maximum absolute atomic E-state index is 12.6. The second kappa shape index (κ2) is 8.05. The molecule has 2 aromatic rings. The van der Waals surface area contributed by atoms with Crippen LogP contribution in [0.4, 0.5) is 0 Å². The van der Waals surface area contributed by atoms with E-state index < -0.39 is 9.84 Å². The van der Waals surface area contributed by atoms with E-state index in [2.05, 4.69) is 5.10 Å². The van der Waals surface area contributed by atoms with E-state index >= 15 is 0 Å². The number of rotatable bonds is 5. The number of amides is 1. The molecule has 1 saturated heterocycles. The average Bonchev–Trinajstić information content (AvgIpc) is 3.11. The van der Waals surface area contributed by atoms with Crippen LogP contribution in [0, 0.1) is 13.8 Å². The molecule has 1 aliphatic rings. The van der Waals surface area contributed by atoms with E-state index in [1.165, 1.54) is 0 Å². The number of likely N-dealkylation sites (N-methyl/N-ethyl adjacent to an activating group) is 1. The lowest BCUT2D eigenvalue weighted by atomic mass is 10.1. The molecule has 3 rings (SSSR count). The van der Waals surface area contributed by atoms with E-state index in [1.54, 1.807) is 30.1 Å². The molecule has 1 aromatic carbocycles. The molecule has 9 heteroatoms. The molecule has 28 heavy (non-hydrogen) atoms. The lowest BCUT2D eigenvalue weighted by Gasteiger charge is -2.18. The van der Waals surface area contributed by atoms with Gasteiger partial charge in [-0.05, 0) is 38.0 Å². The highest BCUT2D eigenvalue weighted by Gasteiger charge is 2.31. The highest BCUT2D eigenvalue weighted by Crippen LogP contribution is 2.27. The van der Waals surface area contributed by atoms with Crippen molar-refractivity contribution in [3.8, 4) is 0 Å². The topological polar surface area (TPSA) is 72.3 Å². The van der Waals surface area contributed by atoms with Crippen molar-refractivity contribution in [1.82, 2.24) is 14.7 Å². The summed E-state index contributed by atoms with van der Waals surface area (Å²) in [7, 11) is -1.24. The van der Waals surface area contributed by atoms with Crippen molar-refractivity contribution in [3.63, 3.8) is 0 Å². The van der Waals surface area contributed by atoms with E-state index in [0.717, 1.165) is 22.5 Å². The molecule has 0 radical (unpaired) electrons. The van der Waals surface area contributed by atoms with Gasteiger partial charge in [0, 0.05) is 24.8 Å². The van der Waals surface area contributed by atoms with Gasteiger partial charge in [-0.2, -0.15) is 5.10 Å². The molecule has 0 unspecified atom stereocenters. The van der Waals surface area contributed by atoms with Crippen molar-refractivity contribution in [2.24, 2.45) is 0 Å². The van der Waals surface area contributed by atoms with Crippen LogP contribution in [0.3, 0.4) is 0 Å². The largest absolute Gasteiger partial charge is 0.341 e. The smallest absolute Gasteiger partial charge is 0.227 e. The number of carbonyl (C=O) groups is 1. The third-order valence-electron chi connectivity index (χ3n) is 5.19. The van der Waals surface area contributed by atoms with Crippen molar-refractivity contribution < 1.29 is 13.2 Å². The molecular formula is C19H23Cl2N3O3S. The van der Waals surface area contributed by atoms with E-state index in [0.29, 0.717) is 23.0 Å². The molecule has 152 valence electrons. The molecule has 1 fully saturated rings. The third-order valence-corrected chi connectivity index (χ3v) is 7.68. The second-order valence-corrected chi connectivity index (χ2v) is 10.4. The first-order valence-electron chi connectivity index (χ1n) is 9.00. The average molecular weight is 444 g/mol. The number of nitrogens with zero attached hydrogens (tertiary/aromatic N) is 3. The third kappa shape index (κ3) is 4.53. The summed E-state index contributed by atoms with van der Waals surface area (Å²) in [4.78, 5) is 14.3. The zero-order chi connectivity index (χ0) is 20.6. The summed E-state index contributed by atoms with van der Waals surface area (Å²) in [6.45, 7) is 4.23. The highest BCUT2D eigenvalue weighted by atomic mass is 35.5. The first-order valence-corrected chi connectivity index (χ1v) is 11.6. The van der Waals surface area contributed by atoms with Crippen LogP contribution in [0.15, 0.2) is 18.2 Å². The van der Waals surface area contributed by atoms with E-state index in [-0.39, 0.29) is 29.9 Å². The Balaban J connectivity index is 1.72. The Bertz CT molecular complexity index is 1020. The van der Waals surface area contributed by atoms with Crippen molar-refractivity contribution in [2.75, 3.05) is 18.6 Å². The van der Waals surface area contributed by atoms with Crippen LogP contribution >= 0.6 is 23.2 Å². The minimum Gasteiger partial charge on any atom is -0.341 e. The first kappa shape index (κ1) is 21.1. The Morgan fingerprint density at radius 3 is 2.61 bits per heavy atom. The van der Waals surface area contributed by atoms with Gasteiger partial charge < -0.3 is 4.90 Å². The van der Waals surface area contributed by atoms with Gasteiger partial charge >= 0.3 is 0 Å². The van der Waals surface area contributed by atoms with Crippen LogP contribution in [-0.2, 0) is 27.6 Å². The van der Waals surface area contributed by atoms with Crippen molar-refractivity contribution in [2.45, 2.75) is 39.3 Å². The standard InChI is InChI=1S/C19H23Cl2N3O3S/c1-12-16(13(2)24(22-12)15-6-7-28(26,27)11-15)10-23(3)19(25)9-14-4-5-17(20)18(21)8-14/h4-5,8,15H,6-7,9-11H2,1-3H3/t15-/m1/s1. The number of carbonyl (C=O) groups excluding carboxylic acids is 1. The molecule has 0 saturated carbocycles. The zero-order valence-corrected chi connectivity index (χ0v) is 18.4. The molecule has 0 N–H and O–H groups in total. The predicted octanol–water partition coefficient (Wildman–Crippen LogP) is 3.37. The Kier molecular flexibility index (Phi) is 6.08. The number of benzene rings is 1. The summed E-state index contributed by atoms with van der Waals surface area (Å²) in [6.07, 6.45) is 0.802. The minimum atomic E-state index is -2.99. The highest BCUT2D eigenvalue weighted by molar-refractivity contribution is 7.91. The van der Waals surface area contributed by atoms with Gasteiger partial charge in [-0.3, -0.25) is 9.48 Å². The van der Waals surface area contributed by atoms with E-state index in [9.17, 15) is 13.2 Å². The maximum Gasteiger partial charge on any atom is 0.227 e. The fraction of sp³-hybridized carbons (Fsp3) is 0.474. The molecule has 2 heterocycles. The van der Waals surface area contributed by atoms with Gasteiger partial charge in [0.25, 0.3) is 0 Å². The molecule has 1 aromatic heterocycles. The minimum absolute atomic E-state index is 0.0478. The van der Waals surface area contributed by atoms with Crippen molar-refractivity contribution >= 4 is 38.9 Å². The van der Waals surface area contributed by atoms with E-state index in [1.807, 2.05) is 18.5 Å². The monoisotopic (exact) mass is 443 g/mol. The molecule has 1 amide bonds. The Hall–Kier alpha value is -1.57. The number of aryl methyl sites for hydroxylation is 1. The second-order valence-electron chi connectivity index (χ2n) is 7.33. The summed E-state index contributed by atoms with van der Waals surface area (Å²) in [5.74, 6) is 0.279. The summed E-state index contributed by atoms with van der Waals surface area (Å²) in [5.41, 5.74) is 3.48. The van der Waals surface area contributed by atoms with Gasteiger partial charge in [0.2, 0.25) is 5.91 Å². The molecule has 0 aliphatic carbocycles. The van der Waals surface area contributed by atoms with Crippen LogP contribution in [-0.4, -0.2) is 47.6 Å². The molecule has 1 atom stereocenters. The van der Waals surface area contributed by atoms with Crippen LogP contribution < -0.4 is 0 Å². The fourth-order valence-corrected chi connectivity index (χ4v) is 5.55. The van der Waals surface area contributed by atoms with Gasteiger partial charge in [0.1, 0.15) is 0 Å². The van der Waals surface area contributed by atoms with Crippen molar-refractivity contribution in [1.29, 1.82) is 0 Å². The zero-order valence-electron chi connectivity index (χ0n) is 16.1. The van der Waals surface area contributed by atoms with Crippen molar-refractivity contribution in [3.05, 3.63) is 50.8 Å². The van der Waals surface area contributed by atoms with Gasteiger partial charge in [0.05, 0.1) is 39.7 Å². The SMILES string of the molecule is Cc1nn([C@@H]2CCS(=O)(=O)C2)c(C)c1CN(C)C(=O)Cc1ccc(Cl)c(Cl)c1. The quantitative estimate of drug-likeness (QED) is 0.709. The van der Waals surface area contributed by atoms with Gasteiger partial charge in [0.15, 0.2) is 9.84 Å². The van der Waals surface area contributed by atoms with Gasteiger partial charge in [-0.15, -0.1) is 0 Å². The Labute approximate surface area is 175 Å². The molecule has 0 spiro atoms. The Morgan fingerprint density at radius 2 is 2.00 bits per heavy atom. The number of halogens is 2. The van der Waals surface area contributed by atoms with Gasteiger partial charge in [-0.25, -0.2) is 8.42 Å². The van der Waals surface area contributed by atoms with Crippen LogP contribution in [0.1, 0.15) is 35.0 Å². The van der Waals surface area contributed by atoms with Crippen LogP contribution in [0.2, 0.25) is 10.0 Å². The van der Waals surface area contributed by atoms with E-state index in [4.69, 9.17) is 23.2 Å². The molecule has 0 bridgehead atoms. The lowest BCUT2D eigenvalue weighted by molar-refractivity contribution is -0.129. The first-order chi connectivity index (χ1) is 13.1. The number of hydrogen-bond acceptors (Lipinski definition) is 4. The normalized spacial score (nSPS) is 18.4. The molecule has 6 nitrogen and oxygen atoms in total. The summed E-state index contributed by atoms with van der Waals surface area (Å²) in [6, 6.07) is 5.04. The maximum atomic E-state index is 12.6. The fourth-order valence-electron chi connectivity index (χ4n) is 3.53. The number of hydrogen-bond donors (Lipinski definition) is 0.